The van der Waals surface area contributed by atoms with E-state index >= 15 is 0 Å². The number of benzene rings is 1. The minimum absolute atomic E-state index is 0.0758. The average molecular weight is 273 g/mol. The number of cyclic esters (lactones) is 1. The highest BCUT2D eigenvalue weighted by Gasteiger charge is 2.29. The lowest BCUT2D eigenvalue weighted by Crippen LogP contribution is -2.25. The van der Waals surface area contributed by atoms with Crippen LogP contribution in [0.3, 0.4) is 0 Å². The summed E-state index contributed by atoms with van der Waals surface area (Å²) in [6.45, 7) is 1.76. The van der Waals surface area contributed by atoms with Crippen LogP contribution in [0.15, 0.2) is 10.5 Å². The van der Waals surface area contributed by atoms with Gasteiger partial charge >= 0.3 is 5.97 Å². The Morgan fingerprint density at radius 3 is 2.80 bits per heavy atom. The Hall–Kier alpha value is -1.23. The van der Waals surface area contributed by atoms with E-state index in [1.54, 1.807) is 6.92 Å². The summed E-state index contributed by atoms with van der Waals surface area (Å²) in [5, 5.41) is 19.0. The number of fused-ring (bicyclic) bond motifs is 1. The fourth-order valence-corrected chi connectivity index (χ4v) is 2.15. The summed E-state index contributed by atoms with van der Waals surface area (Å²) in [4.78, 5) is 11.5. The lowest BCUT2D eigenvalue weighted by molar-refractivity contribution is 0.0296. The Labute approximate surface area is 94.6 Å². The Morgan fingerprint density at radius 2 is 2.13 bits per heavy atom. The standard InChI is InChI=1S/C10H9BrO4/c1-4-2-5-8(10(14)15-4)6(12)3-7(13)9(5)11/h3-4,12-13H,2H2,1H3. The van der Waals surface area contributed by atoms with Gasteiger partial charge in [0, 0.05) is 12.5 Å². The summed E-state index contributed by atoms with van der Waals surface area (Å²) in [5.41, 5.74) is 0.731. The van der Waals surface area contributed by atoms with Gasteiger partial charge < -0.3 is 14.9 Å². The third-order valence-corrected chi connectivity index (χ3v) is 3.21. The predicted molar refractivity (Wildman–Crippen MR) is 56.1 cm³/mol. The summed E-state index contributed by atoms with van der Waals surface area (Å²) in [7, 11) is 0. The Kier molecular flexibility index (Phi) is 2.34. The highest BCUT2D eigenvalue weighted by atomic mass is 79.9. The summed E-state index contributed by atoms with van der Waals surface area (Å²) in [6, 6.07) is 1.13. The molecule has 1 atom stereocenters. The first kappa shape index (κ1) is 10.3. The van der Waals surface area contributed by atoms with Crippen molar-refractivity contribution in [2.75, 3.05) is 0 Å². The minimum atomic E-state index is -0.554. The van der Waals surface area contributed by atoms with Crippen molar-refractivity contribution in [1.29, 1.82) is 0 Å². The molecule has 2 rings (SSSR count). The maximum Gasteiger partial charge on any atom is 0.342 e. The topological polar surface area (TPSA) is 66.8 Å². The Morgan fingerprint density at radius 1 is 1.47 bits per heavy atom. The van der Waals surface area contributed by atoms with Crippen LogP contribution in [0.5, 0.6) is 11.5 Å². The number of rotatable bonds is 0. The van der Waals surface area contributed by atoms with E-state index in [0.29, 0.717) is 16.5 Å². The van der Waals surface area contributed by atoms with E-state index in [-0.39, 0.29) is 23.2 Å². The van der Waals surface area contributed by atoms with Crippen LogP contribution in [0, 0.1) is 0 Å². The molecule has 0 fully saturated rings. The number of hydrogen-bond donors (Lipinski definition) is 2. The first-order valence-corrected chi connectivity index (χ1v) is 5.24. The van der Waals surface area contributed by atoms with Crippen molar-refractivity contribution in [3.63, 3.8) is 0 Å². The number of phenols is 2. The molecule has 2 N–H and O–H groups in total. The molecule has 0 bridgehead atoms. The van der Waals surface area contributed by atoms with Gasteiger partial charge in [-0.25, -0.2) is 4.79 Å². The molecule has 0 saturated carbocycles. The molecule has 1 aromatic carbocycles. The molecule has 0 amide bonds. The van der Waals surface area contributed by atoms with Gasteiger partial charge in [0.2, 0.25) is 0 Å². The number of halogens is 1. The third kappa shape index (κ3) is 1.56. The summed E-state index contributed by atoms with van der Waals surface area (Å²) in [6.07, 6.45) is 0.228. The van der Waals surface area contributed by atoms with Crippen LogP contribution in [0.2, 0.25) is 0 Å². The molecule has 1 unspecified atom stereocenters. The molecule has 1 heterocycles. The maximum atomic E-state index is 11.5. The number of aromatic hydroxyl groups is 2. The van der Waals surface area contributed by atoms with Crippen molar-refractivity contribution in [2.24, 2.45) is 0 Å². The van der Waals surface area contributed by atoms with Crippen molar-refractivity contribution in [3.8, 4) is 11.5 Å². The molecular weight excluding hydrogens is 264 g/mol. The molecule has 80 valence electrons. The van der Waals surface area contributed by atoms with Crippen molar-refractivity contribution in [3.05, 3.63) is 21.7 Å². The minimum Gasteiger partial charge on any atom is -0.507 e. The first-order valence-electron chi connectivity index (χ1n) is 4.45. The van der Waals surface area contributed by atoms with Gasteiger partial charge in [-0.05, 0) is 28.4 Å². The van der Waals surface area contributed by atoms with Crippen LogP contribution in [-0.2, 0) is 11.2 Å². The van der Waals surface area contributed by atoms with E-state index in [4.69, 9.17) is 4.74 Å². The molecule has 4 nitrogen and oxygen atoms in total. The highest BCUT2D eigenvalue weighted by Crippen LogP contribution is 2.39. The van der Waals surface area contributed by atoms with Gasteiger partial charge in [-0.2, -0.15) is 0 Å². The van der Waals surface area contributed by atoms with Crippen LogP contribution in [0.1, 0.15) is 22.8 Å². The second-order valence-electron chi connectivity index (χ2n) is 3.50. The number of hydrogen-bond acceptors (Lipinski definition) is 4. The number of carbonyl (C=O) groups is 1. The molecule has 1 aromatic rings. The van der Waals surface area contributed by atoms with Crippen LogP contribution in [-0.4, -0.2) is 22.3 Å². The van der Waals surface area contributed by atoms with E-state index in [1.807, 2.05) is 0 Å². The molecular formula is C10H9BrO4. The summed E-state index contributed by atoms with van der Waals surface area (Å²) < 4.78 is 5.43. The van der Waals surface area contributed by atoms with E-state index < -0.39 is 5.97 Å². The third-order valence-electron chi connectivity index (χ3n) is 2.33. The maximum absolute atomic E-state index is 11.5. The monoisotopic (exact) mass is 272 g/mol. The smallest absolute Gasteiger partial charge is 0.342 e. The molecule has 0 aromatic heterocycles. The quantitative estimate of drug-likeness (QED) is 0.709. The van der Waals surface area contributed by atoms with Gasteiger partial charge in [0.25, 0.3) is 0 Å². The second-order valence-corrected chi connectivity index (χ2v) is 4.30. The normalized spacial score (nSPS) is 19.6. The van der Waals surface area contributed by atoms with E-state index in [2.05, 4.69) is 15.9 Å². The average Bonchev–Trinajstić information content (AvgIpc) is 2.12. The second kappa shape index (κ2) is 3.41. The van der Waals surface area contributed by atoms with Gasteiger partial charge in [0.1, 0.15) is 23.2 Å². The zero-order valence-corrected chi connectivity index (χ0v) is 9.54. The fraction of sp³-hybridized carbons (Fsp3) is 0.300. The lowest BCUT2D eigenvalue weighted by Gasteiger charge is -2.23. The SMILES string of the molecule is CC1Cc2c(Br)c(O)cc(O)c2C(=O)O1. The zero-order valence-electron chi connectivity index (χ0n) is 7.95. The number of ether oxygens (including phenoxy) is 1. The van der Waals surface area contributed by atoms with E-state index in [1.165, 1.54) is 0 Å². The van der Waals surface area contributed by atoms with E-state index in [9.17, 15) is 15.0 Å². The van der Waals surface area contributed by atoms with Crippen LogP contribution in [0.25, 0.3) is 0 Å². The van der Waals surface area contributed by atoms with Gasteiger partial charge in [0.15, 0.2) is 0 Å². The van der Waals surface area contributed by atoms with Crippen LogP contribution >= 0.6 is 15.9 Å². The highest BCUT2D eigenvalue weighted by molar-refractivity contribution is 9.10. The van der Waals surface area contributed by atoms with E-state index in [0.717, 1.165) is 6.07 Å². The van der Waals surface area contributed by atoms with Crippen LogP contribution < -0.4 is 0 Å². The number of phenolic OH excluding ortho intramolecular Hbond substituents is 2. The molecule has 1 aliphatic rings. The van der Waals surface area contributed by atoms with Crippen molar-refractivity contribution in [2.45, 2.75) is 19.4 Å². The van der Waals surface area contributed by atoms with Gasteiger partial charge in [-0.3, -0.25) is 0 Å². The fourth-order valence-electron chi connectivity index (χ4n) is 1.67. The predicted octanol–water partition coefficient (Wildman–Crippen LogP) is 1.96. The van der Waals surface area contributed by atoms with Crippen LogP contribution in [0.4, 0.5) is 0 Å². The van der Waals surface area contributed by atoms with Crippen molar-refractivity contribution in [1.82, 2.24) is 0 Å². The van der Waals surface area contributed by atoms with Gasteiger partial charge in [-0.1, -0.05) is 0 Å². The zero-order chi connectivity index (χ0) is 11.2. The molecule has 0 spiro atoms. The lowest BCUT2D eigenvalue weighted by atomic mass is 9.98. The number of esters is 1. The van der Waals surface area contributed by atoms with Gasteiger partial charge in [0.05, 0.1) is 4.47 Å². The molecule has 0 aliphatic carbocycles. The van der Waals surface area contributed by atoms with Crippen molar-refractivity contribution < 1.29 is 19.7 Å². The van der Waals surface area contributed by atoms with Crippen molar-refractivity contribution >= 4 is 21.9 Å². The molecule has 1 aliphatic heterocycles. The molecule has 0 radical (unpaired) electrons. The Balaban J connectivity index is 2.69. The van der Waals surface area contributed by atoms with Gasteiger partial charge in [-0.15, -0.1) is 0 Å². The molecule has 15 heavy (non-hydrogen) atoms. The largest absolute Gasteiger partial charge is 0.507 e. The molecule has 5 heteroatoms. The summed E-state index contributed by atoms with van der Waals surface area (Å²) >= 11 is 3.19. The Bertz CT molecular complexity index is 442. The summed E-state index contributed by atoms with van der Waals surface area (Å²) in [5.74, 6) is -0.877. The molecule has 0 saturated heterocycles. The first-order chi connectivity index (χ1) is 7.00. The number of carbonyl (C=O) groups excluding carboxylic acids is 1.